The standard InChI is InChI=1S/C29H39BFN10O10P/c1-13(2)25(45)38-29-37-24-20(26(46)39-29)36-12-41(24)28-22(15(7-42)16(8-43)49-28)51-52(30,47-6-4-5-32)48-9-17-21(44)18(31)27(50-17)40-11-35-19-14(3)33-10-34-23(19)40/h10-13,15-18,21-22,27-28,42-44,52H,4,6-9,30H2,1-3H3,(H2,37,38,39,45,46)/t15-,16+,17?,18-,21-,22-,27+,28?/m0/s1. The molecule has 23 heteroatoms. The second kappa shape index (κ2) is 15.5. The predicted molar refractivity (Wildman–Crippen MR) is 182 cm³/mol. The van der Waals surface area contributed by atoms with Gasteiger partial charge in [0.15, 0.2) is 0 Å². The molecular formula is C29H39BFN10O10P. The average Bonchev–Trinajstić information content (AvgIpc) is 3.88. The second-order valence-corrected chi connectivity index (χ2v) is 15.3. The molecule has 6 heterocycles. The zero-order chi connectivity index (χ0) is 37.3. The Morgan fingerprint density at radius 3 is 2.52 bits per heavy atom. The van der Waals surface area contributed by atoms with E-state index in [0.29, 0.717) is 16.9 Å². The minimum atomic E-state index is -3.94. The Kier molecular flexibility index (Phi) is 11.3. The van der Waals surface area contributed by atoms with Gasteiger partial charge in [0.25, 0.3) is 0 Å². The van der Waals surface area contributed by atoms with E-state index >= 15 is 4.39 Å². The number of imidazole rings is 2. The molecule has 1 amide bonds. The first-order valence-corrected chi connectivity index (χ1v) is 18.7. The Hall–Kier alpha value is -4.04. The molecule has 5 N–H and O–H groups in total. The van der Waals surface area contributed by atoms with Crippen molar-refractivity contribution >= 4 is 49.6 Å². The van der Waals surface area contributed by atoms with Gasteiger partial charge in [-0.1, -0.05) is 0 Å². The van der Waals surface area contributed by atoms with Crippen LogP contribution >= 0.6 is 7.82 Å². The third-order valence-corrected chi connectivity index (χ3v) is 11.0. The summed E-state index contributed by atoms with van der Waals surface area (Å²) < 4.78 is 49.0. The molecule has 2 fully saturated rings. The molecule has 2 saturated heterocycles. The monoisotopic (exact) mass is 748 g/mol. The van der Waals surface area contributed by atoms with Gasteiger partial charge in [-0.25, -0.2) is 0 Å². The van der Waals surface area contributed by atoms with Gasteiger partial charge in [-0.3, -0.25) is 0 Å². The molecule has 0 aliphatic carbocycles. The molecule has 0 radical (unpaired) electrons. The van der Waals surface area contributed by atoms with Gasteiger partial charge in [-0.15, -0.1) is 0 Å². The summed E-state index contributed by atoms with van der Waals surface area (Å²) in [5.41, 5.74) is 0.603. The number of H-pyrrole nitrogens is 1. The molecule has 0 bridgehead atoms. The third kappa shape index (κ3) is 7.28. The molecular weight excluding hydrogens is 709 g/mol. The SMILES string of the molecule is B[PH](OCCC#N)(OCC1O[C@@H](n2cnc3c(C)ncnc32)[C@@H](F)[C@H]1O)O[C@@H]1C(n2cnc3c(=O)[nH]c(NC(=O)C(C)C)nc32)O[C@H](CO)[C@@H]1CO. The summed E-state index contributed by atoms with van der Waals surface area (Å²) >= 11 is 0. The molecule has 0 saturated carbocycles. The summed E-state index contributed by atoms with van der Waals surface area (Å²) in [7, 11) is -2.44. The van der Waals surface area contributed by atoms with Gasteiger partial charge in [-0.05, 0) is 0 Å². The van der Waals surface area contributed by atoms with Crippen molar-refractivity contribution in [3.63, 3.8) is 0 Å². The number of rotatable bonds is 14. The molecule has 4 aromatic heterocycles. The summed E-state index contributed by atoms with van der Waals surface area (Å²) in [6.45, 7) is 3.47. The van der Waals surface area contributed by atoms with Crippen LogP contribution in [0.15, 0.2) is 23.8 Å². The topological polar surface area (TPSA) is 267 Å². The van der Waals surface area contributed by atoms with E-state index in [1.165, 1.54) is 35.7 Å². The molecule has 20 nitrogen and oxygen atoms in total. The quantitative estimate of drug-likeness (QED) is 0.0608. The Morgan fingerprint density at radius 1 is 1.12 bits per heavy atom. The zero-order valence-electron chi connectivity index (χ0n) is 28.6. The summed E-state index contributed by atoms with van der Waals surface area (Å²) in [5.74, 6) is -1.83. The van der Waals surface area contributed by atoms with Crippen molar-refractivity contribution in [3.8, 4) is 6.07 Å². The van der Waals surface area contributed by atoms with Crippen molar-refractivity contribution in [2.24, 2.45) is 11.8 Å². The van der Waals surface area contributed by atoms with Crippen molar-refractivity contribution in [3.05, 3.63) is 35.0 Å². The van der Waals surface area contributed by atoms with Crippen LogP contribution in [0.4, 0.5) is 10.3 Å². The first-order valence-electron chi connectivity index (χ1n) is 16.5. The van der Waals surface area contributed by atoms with Gasteiger partial charge < -0.3 is 0 Å². The van der Waals surface area contributed by atoms with Crippen molar-refractivity contribution in [1.29, 1.82) is 5.26 Å². The molecule has 4 aromatic rings. The Bertz CT molecular complexity index is 2010. The number of alkyl halides is 1. The number of nitriles is 1. The van der Waals surface area contributed by atoms with E-state index in [2.05, 4.69) is 35.2 Å². The number of carbonyl (C=O) groups excluding carboxylic acids is 1. The summed E-state index contributed by atoms with van der Waals surface area (Å²) in [6, 6.07) is 1.97. The van der Waals surface area contributed by atoms with Crippen LogP contribution in [0, 0.1) is 30.1 Å². The van der Waals surface area contributed by atoms with Crippen molar-refractivity contribution in [2.45, 2.75) is 70.2 Å². The number of ether oxygens (including phenoxy) is 2. The minimum absolute atomic E-state index is 0.00127. The number of anilines is 1. The van der Waals surface area contributed by atoms with Crippen molar-refractivity contribution in [1.82, 2.24) is 39.0 Å². The van der Waals surface area contributed by atoms with E-state index in [4.69, 9.17) is 23.0 Å². The molecule has 0 spiro atoms. The number of aryl methyl sites for hydroxylation is 1. The number of aliphatic hydroxyl groups is 3. The zero-order valence-corrected chi connectivity index (χ0v) is 29.6. The first kappa shape index (κ1) is 37.7. The van der Waals surface area contributed by atoms with E-state index in [9.17, 15) is 30.2 Å². The first-order chi connectivity index (χ1) is 24.9. The number of fused-ring (bicyclic) bond motifs is 2. The van der Waals surface area contributed by atoms with Crippen LogP contribution in [0.5, 0.6) is 0 Å². The molecule has 8 atom stereocenters. The van der Waals surface area contributed by atoms with E-state index in [1.54, 1.807) is 20.8 Å². The number of aromatic amines is 1. The van der Waals surface area contributed by atoms with Gasteiger partial charge in [0.1, 0.15) is 0 Å². The fraction of sp³-hybridized carbons (Fsp3) is 0.586. The molecule has 2 aliphatic rings. The number of nitrogens with one attached hydrogen (secondary N) is 2. The molecule has 52 heavy (non-hydrogen) atoms. The molecule has 2 unspecified atom stereocenters. The Labute approximate surface area is 296 Å². The fourth-order valence-corrected chi connectivity index (χ4v) is 8.02. The number of aromatic nitrogens is 8. The third-order valence-electron chi connectivity index (χ3n) is 8.91. The maximum absolute atomic E-state index is 15.6. The molecule has 2 aliphatic heterocycles. The van der Waals surface area contributed by atoms with Gasteiger partial charge in [0.2, 0.25) is 0 Å². The van der Waals surface area contributed by atoms with Crippen LogP contribution in [0.25, 0.3) is 22.3 Å². The number of nitrogens with zero attached hydrogens (tertiary/aromatic N) is 8. The van der Waals surface area contributed by atoms with E-state index < -0.39 is 94.0 Å². The number of hydrogen-bond donors (Lipinski definition) is 5. The van der Waals surface area contributed by atoms with Crippen LogP contribution in [0.2, 0.25) is 0 Å². The second-order valence-electron chi connectivity index (χ2n) is 12.8. The van der Waals surface area contributed by atoms with Gasteiger partial charge in [0, 0.05) is 0 Å². The van der Waals surface area contributed by atoms with Crippen molar-refractivity contribution < 1.29 is 47.5 Å². The number of carbonyl (C=O) groups is 1. The van der Waals surface area contributed by atoms with Crippen LogP contribution in [0.3, 0.4) is 0 Å². The number of hydrogen-bond acceptors (Lipinski definition) is 16. The maximum atomic E-state index is 15.6. The van der Waals surface area contributed by atoms with Gasteiger partial charge in [0.05, 0.1) is 0 Å². The normalized spacial score (nSPS) is 26.8. The Balaban J connectivity index is 1.27. The summed E-state index contributed by atoms with van der Waals surface area (Å²) in [5, 5.41) is 43.3. The number of halogens is 1. The van der Waals surface area contributed by atoms with Crippen LogP contribution in [-0.4, -0.2) is 125 Å². The van der Waals surface area contributed by atoms with Crippen LogP contribution < -0.4 is 10.9 Å². The summed E-state index contributed by atoms with van der Waals surface area (Å²) in [6.07, 6.45) is -5.44. The van der Waals surface area contributed by atoms with Gasteiger partial charge in [-0.2, -0.15) is 0 Å². The average molecular weight is 748 g/mol. The summed E-state index contributed by atoms with van der Waals surface area (Å²) in [4.78, 5) is 48.8. The van der Waals surface area contributed by atoms with E-state index in [-0.39, 0.29) is 30.1 Å². The predicted octanol–water partition coefficient (Wildman–Crippen LogP) is -0.668. The number of aliphatic hydroxyl groups excluding tert-OH is 3. The molecule has 6 rings (SSSR count). The van der Waals surface area contributed by atoms with Gasteiger partial charge >= 0.3 is 296 Å². The van der Waals surface area contributed by atoms with Crippen molar-refractivity contribution in [2.75, 3.05) is 31.7 Å². The number of amides is 1. The van der Waals surface area contributed by atoms with E-state index in [0.717, 1.165) is 0 Å². The fourth-order valence-electron chi connectivity index (χ4n) is 6.08. The van der Waals surface area contributed by atoms with Crippen LogP contribution in [0.1, 0.15) is 38.4 Å². The molecule has 280 valence electrons. The van der Waals surface area contributed by atoms with E-state index in [1.807, 2.05) is 6.07 Å². The molecule has 0 aromatic carbocycles. The van der Waals surface area contributed by atoms with Crippen LogP contribution in [-0.2, 0) is 27.8 Å². The Morgan fingerprint density at radius 2 is 1.83 bits per heavy atom.